The zero-order chi connectivity index (χ0) is 15.1. The van der Waals surface area contributed by atoms with E-state index >= 15 is 0 Å². The molecule has 1 aliphatic rings. The standard InChI is InChI=1S/C14H27N3O2S/c1-3-5-11(13(15)20)16-7-9-17(10-8-16)12(6-4-2)14(18)19/h11-12H,3-10H2,1-2H3,(H2,15,20)(H,18,19). The lowest BCUT2D eigenvalue weighted by molar-refractivity contribution is -0.144. The topological polar surface area (TPSA) is 69.8 Å². The molecule has 0 amide bonds. The molecule has 0 bridgehead atoms. The van der Waals surface area contributed by atoms with Gasteiger partial charge in [-0.25, -0.2) is 0 Å². The SMILES string of the molecule is CCCC(C(=O)O)N1CCN(C(CCC)C(N)=S)CC1. The van der Waals surface area contributed by atoms with Crippen LogP contribution >= 0.6 is 12.2 Å². The van der Waals surface area contributed by atoms with Crippen LogP contribution in [0.4, 0.5) is 0 Å². The molecule has 0 aromatic rings. The molecule has 0 aromatic heterocycles. The summed E-state index contributed by atoms with van der Waals surface area (Å²) in [4.78, 5) is 16.3. The summed E-state index contributed by atoms with van der Waals surface area (Å²) in [6.07, 6.45) is 3.63. The summed E-state index contributed by atoms with van der Waals surface area (Å²) < 4.78 is 0. The molecule has 2 unspecified atom stereocenters. The average Bonchev–Trinajstić information content (AvgIpc) is 2.42. The number of hydrogen-bond donors (Lipinski definition) is 2. The van der Waals surface area contributed by atoms with Gasteiger partial charge in [0.2, 0.25) is 0 Å². The molecule has 1 rings (SSSR count). The van der Waals surface area contributed by atoms with Crippen molar-refractivity contribution in [1.82, 2.24) is 9.80 Å². The Morgan fingerprint density at radius 1 is 1.10 bits per heavy atom. The second-order valence-corrected chi connectivity index (χ2v) is 5.89. The van der Waals surface area contributed by atoms with E-state index in [-0.39, 0.29) is 12.1 Å². The Labute approximate surface area is 127 Å². The minimum atomic E-state index is -0.709. The third-order valence-corrected chi connectivity index (χ3v) is 4.24. The molecule has 3 N–H and O–H groups in total. The van der Waals surface area contributed by atoms with Gasteiger partial charge in [-0.2, -0.15) is 0 Å². The molecule has 0 radical (unpaired) electrons. The number of nitrogens with zero attached hydrogens (tertiary/aromatic N) is 2. The molecule has 5 nitrogen and oxygen atoms in total. The molecule has 1 saturated heterocycles. The van der Waals surface area contributed by atoms with Gasteiger partial charge in [0, 0.05) is 26.2 Å². The maximum absolute atomic E-state index is 11.3. The van der Waals surface area contributed by atoms with E-state index < -0.39 is 5.97 Å². The van der Waals surface area contributed by atoms with Crippen molar-refractivity contribution in [3.05, 3.63) is 0 Å². The highest BCUT2D eigenvalue weighted by Crippen LogP contribution is 2.15. The van der Waals surface area contributed by atoms with E-state index in [1.807, 2.05) is 6.92 Å². The molecule has 6 heteroatoms. The lowest BCUT2D eigenvalue weighted by Gasteiger charge is -2.41. The smallest absolute Gasteiger partial charge is 0.320 e. The summed E-state index contributed by atoms with van der Waals surface area (Å²) >= 11 is 5.16. The van der Waals surface area contributed by atoms with Gasteiger partial charge < -0.3 is 10.8 Å². The summed E-state index contributed by atoms with van der Waals surface area (Å²) in [6.45, 7) is 7.39. The summed E-state index contributed by atoms with van der Waals surface area (Å²) in [7, 11) is 0. The molecule has 1 fully saturated rings. The van der Waals surface area contributed by atoms with Gasteiger partial charge in [-0.3, -0.25) is 14.6 Å². The zero-order valence-corrected chi connectivity index (χ0v) is 13.4. The molecule has 1 aliphatic heterocycles. The number of aliphatic carboxylic acids is 1. The van der Waals surface area contributed by atoms with Crippen LogP contribution in [-0.4, -0.2) is 64.1 Å². The second-order valence-electron chi connectivity index (χ2n) is 5.42. The zero-order valence-electron chi connectivity index (χ0n) is 12.5. The van der Waals surface area contributed by atoms with E-state index in [9.17, 15) is 9.90 Å². The van der Waals surface area contributed by atoms with E-state index in [1.165, 1.54) is 0 Å². The fourth-order valence-corrected chi connectivity index (χ4v) is 3.14. The van der Waals surface area contributed by atoms with Crippen LogP contribution in [-0.2, 0) is 4.79 Å². The predicted molar refractivity (Wildman–Crippen MR) is 85.0 cm³/mol. The Kier molecular flexibility index (Phi) is 7.40. The van der Waals surface area contributed by atoms with Crippen molar-refractivity contribution in [3.8, 4) is 0 Å². The minimum Gasteiger partial charge on any atom is -0.480 e. The normalized spacial score (nSPS) is 20.5. The van der Waals surface area contributed by atoms with E-state index in [1.54, 1.807) is 0 Å². The van der Waals surface area contributed by atoms with Gasteiger partial charge in [-0.1, -0.05) is 38.9 Å². The molecule has 116 valence electrons. The molecule has 20 heavy (non-hydrogen) atoms. The number of thiocarbonyl (C=S) groups is 1. The van der Waals surface area contributed by atoms with Crippen LogP contribution in [0.15, 0.2) is 0 Å². The quantitative estimate of drug-likeness (QED) is 0.659. The third-order valence-electron chi connectivity index (χ3n) is 3.97. The van der Waals surface area contributed by atoms with Crippen LogP contribution < -0.4 is 5.73 Å². The highest BCUT2D eigenvalue weighted by atomic mass is 32.1. The largest absolute Gasteiger partial charge is 0.480 e. The maximum Gasteiger partial charge on any atom is 0.320 e. The van der Waals surface area contributed by atoms with Crippen LogP contribution in [0.3, 0.4) is 0 Å². The first-order valence-corrected chi connectivity index (χ1v) is 7.92. The maximum atomic E-state index is 11.3. The van der Waals surface area contributed by atoms with Crippen molar-refractivity contribution in [2.45, 2.75) is 51.6 Å². The highest BCUT2D eigenvalue weighted by molar-refractivity contribution is 7.80. The molecule has 0 aromatic carbocycles. The van der Waals surface area contributed by atoms with E-state index in [2.05, 4.69) is 16.7 Å². The lowest BCUT2D eigenvalue weighted by atomic mass is 10.1. The fourth-order valence-electron chi connectivity index (χ4n) is 2.87. The van der Waals surface area contributed by atoms with Crippen molar-refractivity contribution in [3.63, 3.8) is 0 Å². The number of nitrogens with two attached hydrogens (primary N) is 1. The molecular weight excluding hydrogens is 274 g/mol. The molecule has 2 atom stereocenters. The van der Waals surface area contributed by atoms with Gasteiger partial charge in [0.15, 0.2) is 0 Å². The first kappa shape index (κ1) is 17.3. The molecular formula is C14H27N3O2S. The van der Waals surface area contributed by atoms with Gasteiger partial charge in [0.05, 0.1) is 11.0 Å². The molecule has 0 aliphatic carbocycles. The summed E-state index contributed by atoms with van der Waals surface area (Å²) in [6, 6.07) is -0.191. The minimum absolute atomic E-state index is 0.159. The second kappa shape index (κ2) is 8.54. The summed E-state index contributed by atoms with van der Waals surface area (Å²) in [5.74, 6) is -0.709. The van der Waals surface area contributed by atoms with Crippen molar-refractivity contribution in [2.75, 3.05) is 26.2 Å². The van der Waals surface area contributed by atoms with Gasteiger partial charge >= 0.3 is 5.97 Å². The van der Waals surface area contributed by atoms with Crippen LogP contribution in [0.1, 0.15) is 39.5 Å². The van der Waals surface area contributed by atoms with E-state index in [4.69, 9.17) is 18.0 Å². The number of carboxylic acids is 1. The highest BCUT2D eigenvalue weighted by Gasteiger charge is 2.30. The number of rotatable bonds is 8. The van der Waals surface area contributed by atoms with E-state index in [0.717, 1.165) is 45.4 Å². The number of piperazine rings is 1. The Morgan fingerprint density at radius 2 is 1.50 bits per heavy atom. The van der Waals surface area contributed by atoms with Gasteiger partial charge in [0.1, 0.15) is 6.04 Å². The molecule has 1 heterocycles. The lowest BCUT2D eigenvalue weighted by Crippen LogP contribution is -2.57. The van der Waals surface area contributed by atoms with Crippen LogP contribution in [0.2, 0.25) is 0 Å². The van der Waals surface area contributed by atoms with Gasteiger partial charge in [0.25, 0.3) is 0 Å². The molecule has 0 saturated carbocycles. The Morgan fingerprint density at radius 3 is 1.85 bits per heavy atom. The Balaban J connectivity index is 2.57. The molecule has 0 spiro atoms. The Bertz CT molecular complexity index is 298. The number of carbonyl (C=O) groups is 1. The fraction of sp³-hybridized carbons (Fsp3) is 0.857. The monoisotopic (exact) mass is 301 g/mol. The predicted octanol–water partition coefficient (Wildman–Crippen LogP) is 1.31. The van der Waals surface area contributed by atoms with Gasteiger partial charge in [-0.05, 0) is 12.8 Å². The van der Waals surface area contributed by atoms with Gasteiger partial charge in [-0.15, -0.1) is 0 Å². The van der Waals surface area contributed by atoms with Crippen molar-refractivity contribution in [1.29, 1.82) is 0 Å². The average molecular weight is 301 g/mol. The number of carboxylic acid groups (broad SMARTS) is 1. The third kappa shape index (κ3) is 4.68. The Hall–Kier alpha value is -0.720. The summed E-state index contributed by atoms with van der Waals surface area (Å²) in [5, 5.41) is 9.31. The van der Waals surface area contributed by atoms with Crippen molar-refractivity contribution >= 4 is 23.2 Å². The van der Waals surface area contributed by atoms with Crippen LogP contribution in [0, 0.1) is 0 Å². The first-order valence-electron chi connectivity index (χ1n) is 7.51. The summed E-state index contributed by atoms with van der Waals surface area (Å²) in [5.41, 5.74) is 5.83. The first-order chi connectivity index (χ1) is 9.51. The van der Waals surface area contributed by atoms with Crippen LogP contribution in [0.5, 0.6) is 0 Å². The van der Waals surface area contributed by atoms with E-state index in [0.29, 0.717) is 11.4 Å². The van der Waals surface area contributed by atoms with Crippen LogP contribution in [0.25, 0.3) is 0 Å². The van der Waals surface area contributed by atoms with Crippen molar-refractivity contribution in [2.24, 2.45) is 5.73 Å². The van der Waals surface area contributed by atoms with Crippen molar-refractivity contribution < 1.29 is 9.90 Å². The number of hydrogen-bond acceptors (Lipinski definition) is 4.